The van der Waals surface area contributed by atoms with Crippen LogP contribution < -0.4 is 5.32 Å². The van der Waals surface area contributed by atoms with Crippen molar-refractivity contribution in [3.8, 4) is 0 Å². The van der Waals surface area contributed by atoms with E-state index in [9.17, 15) is 4.79 Å². The lowest BCUT2D eigenvalue weighted by atomic mass is 10.1. The van der Waals surface area contributed by atoms with Crippen LogP contribution in [0.3, 0.4) is 0 Å². The molecule has 116 valence electrons. The summed E-state index contributed by atoms with van der Waals surface area (Å²) in [5.41, 5.74) is 2.78. The average molecular weight is 327 g/mol. The Morgan fingerprint density at radius 1 is 1.22 bits per heavy atom. The third-order valence-electron chi connectivity index (χ3n) is 3.46. The molecule has 0 aliphatic carbocycles. The number of hydrogen-bond acceptors (Lipinski definition) is 3. The van der Waals surface area contributed by atoms with Crippen molar-refractivity contribution in [2.45, 2.75) is 6.61 Å². The monoisotopic (exact) mass is 326 g/mol. The van der Waals surface area contributed by atoms with E-state index in [-0.39, 0.29) is 5.91 Å². The maximum absolute atomic E-state index is 12.6. The number of carbonyl (C=O) groups excluding carboxylic acids is 1. The average Bonchev–Trinajstić information content (AvgIpc) is 2.56. The number of fused-ring (bicyclic) bond motifs is 1. The molecule has 0 unspecified atom stereocenters. The molecule has 23 heavy (non-hydrogen) atoms. The second kappa shape index (κ2) is 6.77. The predicted molar refractivity (Wildman–Crippen MR) is 91.9 cm³/mol. The van der Waals surface area contributed by atoms with E-state index in [0.29, 0.717) is 28.4 Å². The van der Waals surface area contributed by atoms with Gasteiger partial charge in [0.2, 0.25) is 0 Å². The Morgan fingerprint density at radius 2 is 2.09 bits per heavy atom. The molecule has 1 heterocycles. The van der Waals surface area contributed by atoms with Crippen LogP contribution in [0.25, 0.3) is 10.9 Å². The molecule has 0 aliphatic heterocycles. The zero-order chi connectivity index (χ0) is 16.2. The van der Waals surface area contributed by atoms with E-state index in [2.05, 4.69) is 10.3 Å². The summed E-state index contributed by atoms with van der Waals surface area (Å²) >= 11 is 6.16. The smallest absolute Gasteiger partial charge is 0.257 e. The van der Waals surface area contributed by atoms with Crippen LogP contribution in [-0.2, 0) is 11.3 Å². The molecule has 3 rings (SSSR count). The Kier molecular flexibility index (Phi) is 4.55. The zero-order valence-corrected chi connectivity index (χ0v) is 13.3. The van der Waals surface area contributed by atoms with Crippen LogP contribution in [0.5, 0.6) is 0 Å². The number of ether oxygens (including phenoxy) is 1. The fraction of sp³-hybridized carbons (Fsp3) is 0.111. The summed E-state index contributed by atoms with van der Waals surface area (Å²) in [6, 6.07) is 14.6. The highest BCUT2D eigenvalue weighted by molar-refractivity contribution is 6.36. The molecule has 1 amide bonds. The minimum atomic E-state index is -0.222. The van der Waals surface area contributed by atoms with Crippen molar-refractivity contribution in [2.75, 3.05) is 12.4 Å². The lowest BCUT2D eigenvalue weighted by Gasteiger charge is -2.09. The van der Waals surface area contributed by atoms with Gasteiger partial charge in [-0.25, -0.2) is 0 Å². The maximum Gasteiger partial charge on any atom is 0.257 e. The second-order valence-corrected chi connectivity index (χ2v) is 5.49. The number of methoxy groups -OCH3 is 1. The molecule has 0 saturated heterocycles. The molecule has 0 saturated carbocycles. The van der Waals surface area contributed by atoms with E-state index in [4.69, 9.17) is 16.3 Å². The summed E-state index contributed by atoms with van der Waals surface area (Å²) in [6.07, 6.45) is 1.65. The molecule has 0 spiro atoms. The summed E-state index contributed by atoms with van der Waals surface area (Å²) in [4.78, 5) is 16.9. The number of halogens is 1. The summed E-state index contributed by atoms with van der Waals surface area (Å²) < 4.78 is 5.11. The van der Waals surface area contributed by atoms with Gasteiger partial charge in [-0.2, -0.15) is 0 Å². The van der Waals surface area contributed by atoms with Crippen molar-refractivity contribution >= 4 is 34.1 Å². The van der Waals surface area contributed by atoms with Gasteiger partial charge in [-0.3, -0.25) is 9.78 Å². The molecule has 5 heteroatoms. The molecule has 1 N–H and O–H groups in total. The van der Waals surface area contributed by atoms with Crippen LogP contribution in [0, 0.1) is 0 Å². The number of hydrogen-bond donors (Lipinski definition) is 1. The van der Waals surface area contributed by atoms with E-state index >= 15 is 0 Å². The van der Waals surface area contributed by atoms with Crippen molar-refractivity contribution in [2.24, 2.45) is 0 Å². The Labute approximate surface area is 139 Å². The largest absolute Gasteiger partial charge is 0.380 e. The molecular weight excluding hydrogens is 312 g/mol. The number of nitrogens with one attached hydrogen (secondary N) is 1. The fourth-order valence-electron chi connectivity index (χ4n) is 2.43. The normalized spacial score (nSPS) is 10.7. The van der Waals surface area contributed by atoms with Gasteiger partial charge in [0.1, 0.15) is 0 Å². The van der Waals surface area contributed by atoms with Gasteiger partial charge < -0.3 is 10.1 Å². The summed E-state index contributed by atoms with van der Waals surface area (Å²) in [5.74, 6) is -0.222. The van der Waals surface area contributed by atoms with Crippen molar-refractivity contribution in [1.82, 2.24) is 4.98 Å². The van der Waals surface area contributed by atoms with Gasteiger partial charge in [-0.1, -0.05) is 23.7 Å². The number of nitrogens with zero attached hydrogens (tertiary/aromatic N) is 1. The van der Waals surface area contributed by atoms with Crippen LogP contribution in [-0.4, -0.2) is 18.0 Å². The number of carbonyl (C=O) groups is 1. The molecule has 0 aliphatic rings. The number of anilines is 1. The molecule has 4 nitrogen and oxygen atoms in total. The standard InChI is InChI=1S/C18H15ClN2O2/c1-23-11-12-4-2-5-13(10-12)21-18(22)15-7-8-16(19)14-6-3-9-20-17(14)15/h2-10H,11H2,1H3,(H,21,22). The molecule has 0 atom stereocenters. The van der Waals surface area contributed by atoms with E-state index < -0.39 is 0 Å². The second-order valence-electron chi connectivity index (χ2n) is 5.08. The van der Waals surface area contributed by atoms with Crippen LogP contribution >= 0.6 is 11.6 Å². The van der Waals surface area contributed by atoms with E-state index in [1.807, 2.05) is 30.3 Å². The van der Waals surface area contributed by atoms with E-state index in [1.54, 1.807) is 31.5 Å². The van der Waals surface area contributed by atoms with Gasteiger partial charge in [-0.15, -0.1) is 0 Å². The Hall–Kier alpha value is -2.43. The number of rotatable bonds is 4. The molecule has 0 radical (unpaired) electrons. The highest BCUT2D eigenvalue weighted by Crippen LogP contribution is 2.25. The quantitative estimate of drug-likeness (QED) is 0.778. The minimum Gasteiger partial charge on any atom is -0.380 e. The van der Waals surface area contributed by atoms with Crippen molar-refractivity contribution in [3.63, 3.8) is 0 Å². The third-order valence-corrected chi connectivity index (χ3v) is 3.79. The first kappa shape index (κ1) is 15.5. The van der Waals surface area contributed by atoms with Gasteiger partial charge in [0.05, 0.1) is 22.7 Å². The summed E-state index contributed by atoms with van der Waals surface area (Å²) in [5, 5.41) is 4.23. The van der Waals surface area contributed by atoms with Gasteiger partial charge in [0, 0.05) is 24.4 Å². The lowest BCUT2D eigenvalue weighted by Crippen LogP contribution is -2.13. The highest BCUT2D eigenvalue weighted by Gasteiger charge is 2.13. The number of benzene rings is 2. The molecule has 0 fully saturated rings. The fourth-order valence-corrected chi connectivity index (χ4v) is 2.64. The van der Waals surface area contributed by atoms with Gasteiger partial charge in [0.25, 0.3) is 5.91 Å². The predicted octanol–water partition coefficient (Wildman–Crippen LogP) is 4.29. The molecular formula is C18H15ClN2O2. The van der Waals surface area contributed by atoms with Gasteiger partial charge >= 0.3 is 0 Å². The van der Waals surface area contributed by atoms with Gasteiger partial charge in [-0.05, 0) is 42.0 Å². The van der Waals surface area contributed by atoms with E-state index in [1.165, 1.54) is 0 Å². The first-order valence-corrected chi connectivity index (χ1v) is 7.49. The lowest BCUT2D eigenvalue weighted by molar-refractivity contribution is 0.102. The molecule has 2 aromatic carbocycles. The van der Waals surface area contributed by atoms with Crippen molar-refractivity contribution < 1.29 is 9.53 Å². The Balaban J connectivity index is 1.92. The van der Waals surface area contributed by atoms with Crippen LogP contribution in [0.4, 0.5) is 5.69 Å². The number of aromatic nitrogens is 1. The first-order valence-electron chi connectivity index (χ1n) is 7.11. The summed E-state index contributed by atoms with van der Waals surface area (Å²) in [6.45, 7) is 0.495. The number of pyridine rings is 1. The highest BCUT2D eigenvalue weighted by atomic mass is 35.5. The van der Waals surface area contributed by atoms with Crippen LogP contribution in [0.2, 0.25) is 5.02 Å². The number of amides is 1. The third kappa shape index (κ3) is 3.33. The topological polar surface area (TPSA) is 51.2 Å². The molecule has 3 aromatic rings. The molecule has 1 aromatic heterocycles. The molecule has 0 bridgehead atoms. The first-order chi connectivity index (χ1) is 11.2. The zero-order valence-electron chi connectivity index (χ0n) is 12.5. The Morgan fingerprint density at radius 3 is 2.91 bits per heavy atom. The van der Waals surface area contributed by atoms with Crippen LogP contribution in [0.15, 0.2) is 54.7 Å². The van der Waals surface area contributed by atoms with Gasteiger partial charge in [0.15, 0.2) is 0 Å². The SMILES string of the molecule is COCc1cccc(NC(=O)c2ccc(Cl)c3cccnc23)c1. The Bertz CT molecular complexity index is 865. The van der Waals surface area contributed by atoms with Crippen molar-refractivity contribution in [3.05, 3.63) is 70.9 Å². The van der Waals surface area contributed by atoms with Crippen LogP contribution in [0.1, 0.15) is 15.9 Å². The summed E-state index contributed by atoms with van der Waals surface area (Å²) in [7, 11) is 1.64. The van der Waals surface area contributed by atoms with Crippen molar-refractivity contribution in [1.29, 1.82) is 0 Å². The maximum atomic E-state index is 12.6. The minimum absolute atomic E-state index is 0.222. The van der Waals surface area contributed by atoms with E-state index in [0.717, 1.165) is 10.9 Å².